The molecule has 2 aromatic carbocycles. The smallest absolute Gasteiger partial charge is 0.343 e. The molecule has 0 radical (unpaired) electrons. The van der Waals surface area contributed by atoms with E-state index in [1.807, 2.05) is 0 Å². The molecule has 0 spiro atoms. The summed E-state index contributed by atoms with van der Waals surface area (Å²) >= 11 is 0. The number of esters is 2. The molecule has 28 heavy (non-hydrogen) atoms. The Hall–Kier alpha value is -2.82. The number of hydrogen-bond acceptors (Lipinski definition) is 5. The van der Waals surface area contributed by atoms with Crippen LogP contribution in [0.3, 0.4) is 0 Å². The minimum atomic E-state index is -0.477. The Kier molecular flexibility index (Phi) is 9.05. The van der Waals surface area contributed by atoms with Gasteiger partial charge in [0.1, 0.15) is 17.2 Å². The van der Waals surface area contributed by atoms with E-state index in [0.29, 0.717) is 23.7 Å². The second-order valence-electron chi connectivity index (χ2n) is 6.60. The number of benzene rings is 2. The van der Waals surface area contributed by atoms with E-state index in [2.05, 4.69) is 6.92 Å². The van der Waals surface area contributed by atoms with Crippen LogP contribution in [-0.2, 0) is 4.79 Å². The molecular weight excluding hydrogens is 356 g/mol. The average Bonchev–Trinajstić information content (AvgIpc) is 2.68. The third kappa shape index (κ3) is 7.82. The highest BCUT2D eigenvalue weighted by molar-refractivity contribution is 5.91. The predicted molar refractivity (Wildman–Crippen MR) is 108 cm³/mol. The maximum atomic E-state index is 12.2. The third-order valence-electron chi connectivity index (χ3n) is 4.15. The second-order valence-corrected chi connectivity index (χ2v) is 6.60. The van der Waals surface area contributed by atoms with Crippen molar-refractivity contribution in [2.75, 3.05) is 6.61 Å². The van der Waals surface area contributed by atoms with Crippen molar-refractivity contribution in [2.24, 2.45) is 0 Å². The van der Waals surface area contributed by atoms with E-state index in [9.17, 15) is 9.59 Å². The Morgan fingerprint density at radius 3 is 1.89 bits per heavy atom. The van der Waals surface area contributed by atoms with E-state index in [-0.39, 0.29) is 0 Å². The van der Waals surface area contributed by atoms with Gasteiger partial charge in [0.05, 0.1) is 12.2 Å². The summed E-state index contributed by atoms with van der Waals surface area (Å²) in [5.74, 6) is 0.709. The largest absolute Gasteiger partial charge is 0.494 e. The summed E-state index contributed by atoms with van der Waals surface area (Å²) in [5, 5.41) is 0. The van der Waals surface area contributed by atoms with Crippen molar-refractivity contribution in [3.63, 3.8) is 0 Å². The highest BCUT2D eigenvalue weighted by Crippen LogP contribution is 2.20. The van der Waals surface area contributed by atoms with Gasteiger partial charge in [-0.25, -0.2) is 4.79 Å². The van der Waals surface area contributed by atoms with Crippen LogP contribution in [0.2, 0.25) is 0 Å². The van der Waals surface area contributed by atoms with Gasteiger partial charge >= 0.3 is 11.9 Å². The number of carbonyl (C=O) groups excluding carboxylic acids is 2. The van der Waals surface area contributed by atoms with Crippen molar-refractivity contribution >= 4 is 11.9 Å². The van der Waals surface area contributed by atoms with Gasteiger partial charge in [0.2, 0.25) is 0 Å². The molecular formula is C23H28O5. The standard InChI is InChI=1S/C23H28O5/c1-3-4-5-6-7-8-17-26-20-13-15-22(16-14-20)28-23(25)19-9-11-21(12-10-19)27-18(2)24/h9-16H,3-8,17H2,1-2H3. The van der Waals surface area contributed by atoms with Gasteiger partial charge in [-0.1, -0.05) is 39.0 Å². The first-order chi connectivity index (χ1) is 13.6. The first kappa shape index (κ1) is 21.5. The molecule has 0 amide bonds. The van der Waals surface area contributed by atoms with Gasteiger partial charge in [-0.2, -0.15) is 0 Å². The fraction of sp³-hybridized carbons (Fsp3) is 0.391. The summed E-state index contributed by atoms with van der Waals surface area (Å²) in [6.45, 7) is 4.23. The number of hydrogen-bond donors (Lipinski definition) is 0. The van der Waals surface area contributed by atoms with E-state index < -0.39 is 11.9 Å². The van der Waals surface area contributed by atoms with Crippen LogP contribution in [0.5, 0.6) is 17.2 Å². The van der Waals surface area contributed by atoms with E-state index in [1.165, 1.54) is 39.0 Å². The van der Waals surface area contributed by atoms with Crippen LogP contribution >= 0.6 is 0 Å². The monoisotopic (exact) mass is 384 g/mol. The molecule has 5 heteroatoms. The molecule has 0 bridgehead atoms. The van der Waals surface area contributed by atoms with Crippen LogP contribution < -0.4 is 14.2 Å². The van der Waals surface area contributed by atoms with Gasteiger partial charge in [0, 0.05) is 6.92 Å². The fourth-order valence-corrected chi connectivity index (χ4v) is 2.67. The van der Waals surface area contributed by atoms with Crippen molar-refractivity contribution in [2.45, 2.75) is 52.4 Å². The molecule has 0 aliphatic rings. The molecule has 0 aliphatic heterocycles. The minimum absolute atomic E-state index is 0.374. The van der Waals surface area contributed by atoms with Crippen LogP contribution in [-0.4, -0.2) is 18.5 Å². The summed E-state index contributed by atoms with van der Waals surface area (Å²) in [5.41, 5.74) is 0.374. The van der Waals surface area contributed by atoms with Crippen molar-refractivity contribution in [1.29, 1.82) is 0 Å². The number of rotatable bonds is 11. The molecule has 2 rings (SSSR count). The number of ether oxygens (including phenoxy) is 3. The Morgan fingerprint density at radius 2 is 1.25 bits per heavy atom. The van der Waals surface area contributed by atoms with E-state index in [4.69, 9.17) is 14.2 Å². The van der Waals surface area contributed by atoms with E-state index in [1.54, 1.807) is 48.5 Å². The van der Waals surface area contributed by atoms with Gasteiger partial charge in [-0.15, -0.1) is 0 Å². The fourth-order valence-electron chi connectivity index (χ4n) is 2.67. The third-order valence-corrected chi connectivity index (χ3v) is 4.15. The number of unbranched alkanes of at least 4 members (excludes halogenated alkanes) is 5. The molecule has 0 saturated heterocycles. The molecule has 0 aromatic heterocycles. The maximum absolute atomic E-state index is 12.2. The molecule has 0 N–H and O–H groups in total. The maximum Gasteiger partial charge on any atom is 0.343 e. The minimum Gasteiger partial charge on any atom is -0.494 e. The Bertz CT molecular complexity index is 735. The molecule has 2 aromatic rings. The lowest BCUT2D eigenvalue weighted by Gasteiger charge is -2.08. The highest BCUT2D eigenvalue weighted by atomic mass is 16.5. The molecule has 0 fully saturated rings. The van der Waals surface area contributed by atoms with E-state index >= 15 is 0 Å². The Labute approximate surface area is 166 Å². The van der Waals surface area contributed by atoms with Crippen LogP contribution in [0.25, 0.3) is 0 Å². The normalized spacial score (nSPS) is 10.4. The molecule has 150 valence electrons. The van der Waals surface area contributed by atoms with Crippen LogP contribution in [0.1, 0.15) is 62.7 Å². The summed E-state index contributed by atoms with van der Waals surface area (Å²) in [6, 6.07) is 13.2. The van der Waals surface area contributed by atoms with Gasteiger partial charge in [-0.3, -0.25) is 4.79 Å². The zero-order valence-corrected chi connectivity index (χ0v) is 16.6. The second kappa shape index (κ2) is 11.8. The molecule has 0 atom stereocenters. The van der Waals surface area contributed by atoms with E-state index in [0.717, 1.165) is 12.2 Å². The molecule has 0 unspecified atom stereocenters. The van der Waals surface area contributed by atoms with Crippen molar-refractivity contribution in [3.8, 4) is 17.2 Å². The van der Waals surface area contributed by atoms with Crippen molar-refractivity contribution < 1.29 is 23.8 Å². The Morgan fingerprint density at radius 1 is 0.714 bits per heavy atom. The average molecular weight is 384 g/mol. The predicted octanol–water partition coefficient (Wildman–Crippen LogP) is 5.57. The first-order valence-corrected chi connectivity index (χ1v) is 9.82. The SMILES string of the molecule is CCCCCCCCOc1ccc(OC(=O)c2ccc(OC(C)=O)cc2)cc1. The zero-order chi connectivity index (χ0) is 20.2. The summed E-state index contributed by atoms with van der Waals surface area (Å²) in [6.07, 6.45) is 7.34. The lowest BCUT2D eigenvalue weighted by Crippen LogP contribution is -2.08. The van der Waals surface area contributed by atoms with Crippen LogP contribution in [0, 0.1) is 0 Å². The molecule has 0 heterocycles. The molecule has 0 aliphatic carbocycles. The lowest BCUT2D eigenvalue weighted by molar-refractivity contribution is -0.131. The summed E-state index contributed by atoms with van der Waals surface area (Å²) in [4.78, 5) is 23.1. The zero-order valence-electron chi connectivity index (χ0n) is 16.6. The molecule has 5 nitrogen and oxygen atoms in total. The van der Waals surface area contributed by atoms with Gasteiger partial charge < -0.3 is 14.2 Å². The van der Waals surface area contributed by atoms with Crippen molar-refractivity contribution in [1.82, 2.24) is 0 Å². The highest BCUT2D eigenvalue weighted by Gasteiger charge is 2.09. The van der Waals surface area contributed by atoms with Gasteiger partial charge in [0.15, 0.2) is 0 Å². The quantitative estimate of drug-likeness (QED) is 0.288. The summed E-state index contributed by atoms with van der Waals surface area (Å²) < 4.78 is 16.0. The van der Waals surface area contributed by atoms with Gasteiger partial charge in [0.25, 0.3) is 0 Å². The summed E-state index contributed by atoms with van der Waals surface area (Å²) in [7, 11) is 0. The van der Waals surface area contributed by atoms with Crippen LogP contribution in [0.4, 0.5) is 0 Å². The topological polar surface area (TPSA) is 61.8 Å². The van der Waals surface area contributed by atoms with Crippen molar-refractivity contribution in [3.05, 3.63) is 54.1 Å². The lowest BCUT2D eigenvalue weighted by atomic mass is 10.1. The van der Waals surface area contributed by atoms with Crippen LogP contribution in [0.15, 0.2) is 48.5 Å². The number of carbonyl (C=O) groups is 2. The molecule has 0 saturated carbocycles. The van der Waals surface area contributed by atoms with Gasteiger partial charge in [-0.05, 0) is 55.0 Å². The first-order valence-electron chi connectivity index (χ1n) is 9.82. The Balaban J connectivity index is 1.75.